The first-order valence-electron chi connectivity index (χ1n) is 13.2. The van der Waals surface area contributed by atoms with Gasteiger partial charge in [-0.15, -0.1) is 0 Å². The molecule has 3 fully saturated rings. The van der Waals surface area contributed by atoms with E-state index in [2.05, 4.69) is 66.7 Å². The molecule has 0 aromatic rings. The van der Waals surface area contributed by atoms with E-state index in [-0.39, 0.29) is 28.5 Å². The van der Waals surface area contributed by atoms with E-state index >= 15 is 0 Å². The van der Waals surface area contributed by atoms with E-state index < -0.39 is 0 Å². The molecule has 0 spiro atoms. The molecule has 176 valence electrons. The summed E-state index contributed by atoms with van der Waals surface area (Å²) < 4.78 is 0. The van der Waals surface area contributed by atoms with Crippen molar-refractivity contribution in [1.82, 2.24) is 0 Å². The molecule has 0 radical (unpaired) electrons. The van der Waals surface area contributed by atoms with Gasteiger partial charge in [-0.05, 0) is 91.3 Å². The molecule has 4 rings (SSSR count). The van der Waals surface area contributed by atoms with Crippen LogP contribution in [0.2, 0.25) is 0 Å². The summed E-state index contributed by atoms with van der Waals surface area (Å²) in [5.41, 5.74) is 1.74. The molecule has 0 saturated heterocycles. The second kappa shape index (κ2) is 8.01. The third-order valence-corrected chi connectivity index (χ3v) is 11.4. The molecule has 0 bridgehead atoms. The van der Waals surface area contributed by atoms with Gasteiger partial charge in [-0.2, -0.15) is 0 Å². The predicted molar refractivity (Wildman–Crippen MR) is 130 cm³/mol. The van der Waals surface area contributed by atoms with E-state index in [1.54, 1.807) is 5.57 Å². The molecular weight excluding hydrogens is 380 g/mol. The lowest BCUT2D eigenvalue weighted by Crippen LogP contribution is -2.61. The number of rotatable bonds is 4. The highest BCUT2D eigenvalue weighted by molar-refractivity contribution is 5.35. The van der Waals surface area contributed by atoms with Gasteiger partial charge in [0.05, 0.1) is 12.2 Å². The fourth-order valence-corrected chi connectivity index (χ4v) is 8.56. The minimum atomic E-state index is -0.283. The Kier molecular flexibility index (Phi) is 6.09. The van der Waals surface area contributed by atoms with E-state index in [1.807, 2.05) is 0 Å². The molecular formula is C29H48O2. The van der Waals surface area contributed by atoms with Gasteiger partial charge in [0.15, 0.2) is 0 Å². The van der Waals surface area contributed by atoms with Crippen LogP contribution in [-0.2, 0) is 0 Å². The third-order valence-electron chi connectivity index (χ3n) is 11.4. The first-order valence-corrected chi connectivity index (χ1v) is 13.2. The Morgan fingerprint density at radius 3 is 2.39 bits per heavy atom. The van der Waals surface area contributed by atoms with Crippen molar-refractivity contribution in [1.29, 1.82) is 0 Å². The summed E-state index contributed by atoms with van der Waals surface area (Å²) in [5, 5.41) is 22.1. The molecule has 2 heteroatoms. The van der Waals surface area contributed by atoms with Gasteiger partial charge in [-0.1, -0.05) is 72.3 Å². The molecule has 0 aromatic carbocycles. The van der Waals surface area contributed by atoms with Crippen molar-refractivity contribution in [2.24, 2.45) is 51.8 Å². The number of aliphatic hydroxyl groups is 2. The normalized spacial score (nSPS) is 49.4. The highest BCUT2D eigenvalue weighted by atomic mass is 16.3. The molecule has 0 aliphatic heterocycles. The van der Waals surface area contributed by atoms with Gasteiger partial charge < -0.3 is 10.2 Å². The van der Waals surface area contributed by atoms with E-state index in [4.69, 9.17) is 0 Å². The molecule has 0 amide bonds. The fourth-order valence-electron chi connectivity index (χ4n) is 8.56. The molecule has 0 heterocycles. The zero-order chi connectivity index (χ0) is 22.8. The summed E-state index contributed by atoms with van der Waals surface area (Å²) in [4.78, 5) is 0. The summed E-state index contributed by atoms with van der Waals surface area (Å²) in [6.45, 7) is 16.7. The molecule has 2 nitrogen and oxygen atoms in total. The molecule has 2 N–H and O–H groups in total. The fraction of sp³-hybridized carbons (Fsp3) is 0.862. The highest BCUT2D eigenvalue weighted by Crippen LogP contribution is 2.71. The van der Waals surface area contributed by atoms with Gasteiger partial charge in [0.25, 0.3) is 0 Å². The van der Waals surface area contributed by atoms with Crippen molar-refractivity contribution in [3.8, 4) is 0 Å². The lowest BCUT2D eigenvalue weighted by molar-refractivity contribution is -0.151. The monoisotopic (exact) mass is 428 g/mol. The van der Waals surface area contributed by atoms with Crippen LogP contribution < -0.4 is 0 Å². The maximum absolute atomic E-state index is 11.8. The first-order chi connectivity index (χ1) is 14.4. The second-order valence-electron chi connectivity index (χ2n) is 12.9. The van der Waals surface area contributed by atoms with Crippen LogP contribution in [0.1, 0.15) is 93.4 Å². The second-order valence-corrected chi connectivity index (χ2v) is 12.9. The quantitative estimate of drug-likeness (QED) is 0.485. The van der Waals surface area contributed by atoms with Crippen molar-refractivity contribution in [2.75, 3.05) is 0 Å². The van der Waals surface area contributed by atoms with Gasteiger partial charge in [0.2, 0.25) is 0 Å². The van der Waals surface area contributed by atoms with Crippen LogP contribution >= 0.6 is 0 Å². The topological polar surface area (TPSA) is 40.5 Å². The average Bonchev–Trinajstić information content (AvgIpc) is 3.04. The summed E-state index contributed by atoms with van der Waals surface area (Å²) in [7, 11) is 0. The number of hydrogen-bond donors (Lipinski definition) is 2. The largest absolute Gasteiger partial charge is 0.393 e. The lowest BCUT2D eigenvalue weighted by Gasteiger charge is -2.65. The molecule has 31 heavy (non-hydrogen) atoms. The number of allylic oxidation sites excluding steroid dienone is 3. The van der Waals surface area contributed by atoms with Gasteiger partial charge >= 0.3 is 0 Å². The Morgan fingerprint density at radius 2 is 1.71 bits per heavy atom. The van der Waals surface area contributed by atoms with Crippen LogP contribution in [0.25, 0.3) is 0 Å². The van der Waals surface area contributed by atoms with Crippen LogP contribution in [0.4, 0.5) is 0 Å². The Bertz CT molecular complexity index is 737. The third kappa shape index (κ3) is 3.41. The summed E-state index contributed by atoms with van der Waals surface area (Å²) in [5.74, 6) is 3.61. The molecule has 10 atom stereocenters. The van der Waals surface area contributed by atoms with E-state index in [1.165, 1.54) is 12.8 Å². The molecule has 3 saturated carbocycles. The Balaban J connectivity index is 1.64. The summed E-state index contributed by atoms with van der Waals surface area (Å²) in [6.07, 6.45) is 14.4. The molecule has 4 aliphatic rings. The highest BCUT2D eigenvalue weighted by Gasteiger charge is 2.66. The first kappa shape index (κ1) is 23.6. The SMILES string of the molecule is CC(C)[C@@H](C)/C=C/[C@@H](C)C1CCC2C3=CC[C@H]4CC(O)CCC4(C)[C@@]3(C)C(O)CC21C. The van der Waals surface area contributed by atoms with E-state index in [0.29, 0.717) is 35.5 Å². The van der Waals surface area contributed by atoms with Crippen LogP contribution in [0.3, 0.4) is 0 Å². The minimum Gasteiger partial charge on any atom is -0.393 e. The smallest absolute Gasteiger partial charge is 0.0641 e. The van der Waals surface area contributed by atoms with Crippen molar-refractivity contribution >= 4 is 0 Å². The van der Waals surface area contributed by atoms with Crippen molar-refractivity contribution in [3.05, 3.63) is 23.8 Å². The zero-order valence-corrected chi connectivity index (χ0v) is 21.2. The summed E-state index contributed by atoms with van der Waals surface area (Å²) >= 11 is 0. The number of hydrogen-bond acceptors (Lipinski definition) is 2. The van der Waals surface area contributed by atoms with Gasteiger partial charge in [-0.3, -0.25) is 0 Å². The number of fused-ring (bicyclic) bond motifs is 5. The van der Waals surface area contributed by atoms with E-state index in [9.17, 15) is 10.2 Å². The minimum absolute atomic E-state index is 0.105. The Hall–Kier alpha value is -0.600. The Morgan fingerprint density at radius 1 is 1.00 bits per heavy atom. The molecule has 6 unspecified atom stereocenters. The van der Waals surface area contributed by atoms with Gasteiger partial charge in [0.1, 0.15) is 0 Å². The Labute approximate surface area is 191 Å². The maximum atomic E-state index is 11.8. The van der Waals surface area contributed by atoms with Crippen molar-refractivity contribution in [3.63, 3.8) is 0 Å². The number of aliphatic hydroxyl groups excluding tert-OH is 2. The molecule has 4 aliphatic carbocycles. The van der Waals surface area contributed by atoms with Crippen LogP contribution in [0.5, 0.6) is 0 Å². The van der Waals surface area contributed by atoms with Crippen LogP contribution in [0, 0.1) is 51.8 Å². The summed E-state index contributed by atoms with van der Waals surface area (Å²) in [6, 6.07) is 0. The van der Waals surface area contributed by atoms with E-state index in [0.717, 1.165) is 32.1 Å². The van der Waals surface area contributed by atoms with Crippen molar-refractivity contribution in [2.45, 2.75) is 106 Å². The standard InChI is InChI=1S/C29H48O2/c1-18(2)19(3)8-9-20(4)23-12-13-24-25-11-10-21-16-22(30)14-15-28(21,6)29(25,7)26(31)17-27(23,24)5/h8-9,11,18-24,26,30-31H,10,12-17H2,1-7H3/b9-8+/t19-,20+,21-,22?,23?,24?,26?,27?,28?,29+/m0/s1. The predicted octanol–water partition coefficient (Wildman–Crippen LogP) is 6.77. The zero-order valence-electron chi connectivity index (χ0n) is 21.2. The molecule has 0 aromatic heterocycles. The van der Waals surface area contributed by atoms with Crippen molar-refractivity contribution < 1.29 is 10.2 Å². The lowest BCUT2D eigenvalue weighted by atomic mass is 9.40. The van der Waals surface area contributed by atoms with Gasteiger partial charge in [0, 0.05) is 5.41 Å². The average molecular weight is 429 g/mol. The maximum Gasteiger partial charge on any atom is 0.0641 e. The van der Waals surface area contributed by atoms with Gasteiger partial charge in [-0.25, -0.2) is 0 Å². The van der Waals surface area contributed by atoms with Crippen LogP contribution in [-0.4, -0.2) is 22.4 Å². The van der Waals surface area contributed by atoms with Crippen LogP contribution in [0.15, 0.2) is 23.8 Å².